The van der Waals surface area contributed by atoms with E-state index in [0.717, 1.165) is 16.1 Å². The lowest BCUT2D eigenvalue weighted by molar-refractivity contribution is 0.0774. The summed E-state index contributed by atoms with van der Waals surface area (Å²) < 4.78 is 1.60. The van der Waals surface area contributed by atoms with E-state index < -0.39 is 0 Å². The summed E-state index contributed by atoms with van der Waals surface area (Å²) in [5.41, 5.74) is 2.42. The third-order valence-electron chi connectivity index (χ3n) is 2.93. The van der Waals surface area contributed by atoms with Crippen LogP contribution in [0.5, 0.6) is 0 Å². The number of hydrogen-bond acceptors (Lipinski definition) is 4. The summed E-state index contributed by atoms with van der Waals surface area (Å²) in [6, 6.07) is 3.72. The maximum atomic E-state index is 12.4. The minimum atomic E-state index is -0.147. The van der Waals surface area contributed by atoms with Crippen LogP contribution in [0.3, 0.4) is 0 Å². The molecule has 0 fully saturated rings. The fraction of sp³-hybridized carbons (Fsp3) is 0.333. The van der Waals surface area contributed by atoms with Gasteiger partial charge in [0.2, 0.25) is 0 Å². The molecular weight excluding hydrogens is 286 g/mol. The van der Waals surface area contributed by atoms with Crippen LogP contribution in [0.4, 0.5) is 0 Å². The van der Waals surface area contributed by atoms with Gasteiger partial charge in [-0.1, -0.05) is 11.8 Å². The largest absolute Gasteiger partial charge is 0.384 e. The Kier molecular flexibility index (Phi) is 4.78. The Labute approximate surface area is 127 Å². The smallest absolute Gasteiger partial charge is 0.272 e. The topological polar surface area (TPSA) is 58.4 Å². The highest BCUT2D eigenvalue weighted by Crippen LogP contribution is 2.16. The van der Waals surface area contributed by atoms with Gasteiger partial charge in [0.25, 0.3) is 5.91 Å². The summed E-state index contributed by atoms with van der Waals surface area (Å²) in [6.07, 6.45) is 0. The monoisotopic (exact) mass is 303 g/mol. The zero-order chi connectivity index (χ0) is 15.4. The van der Waals surface area contributed by atoms with E-state index in [0.29, 0.717) is 12.2 Å². The normalized spacial score (nSPS) is 10.1. The molecule has 0 aliphatic carbocycles. The first-order valence-electron chi connectivity index (χ1n) is 6.44. The summed E-state index contributed by atoms with van der Waals surface area (Å²) in [5, 5.41) is 14.8. The lowest BCUT2D eigenvalue weighted by Gasteiger charge is -2.16. The Bertz CT molecular complexity index is 706. The van der Waals surface area contributed by atoms with E-state index in [9.17, 15) is 4.79 Å². The number of carbonyl (C=O) groups excluding carboxylic acids is 1. The average molecular weight is 303 g/mol. The van der Waals surface area contributed by atoms with Gasteiger partial charge in [-0.05, 0) is 30.0 Å². The summed E-state index contributed by atoms with van der Waals surface area (Å²) >= 11 is 1.51. The zero-order valence-electron chi connectivity index (χ0n) is 12.3. The minimum absolute atomic E-state index is 0.0627. The number of aliphatic hydroxyl groups is 1. The van der Waals surface area contributed by atoms with Crippen LogP contribution in [-0.2, 0) is 13.6 Å². The van der Waals surface area contributed by atoms with Gasteiger partial charge in [-0.15, -0.1) is 11.3 Å². The maximum Gasteiger partial charge on any atom is 0.272 e. The SMILES string of the molecule is Cc1cc(C(=O)N(C)Cc2csc(C#CCO)c2)n(C)n1. The molecule has 2 aromatic heterocycles. The van der Waals surface area contributed by atoms with Crippen molar-refractivity contribution in [2.24, 2.45) is 7.05 Å². The molecule has 0 bridgehead atoms. The quantitative estimate of drug-likeness (QED) is 0.872. The van der Waals surface area contributed by atoms with Crippen LogP contribution in [-0.4, -0.2) is 39.3 Å². The Hall–Kier alpha value is -2.10. The van der Waals surface area contributed by atoms with Crippen LogP contribution in [0, 0.1) is 18.8 Å². The summed E-state index contributed by atoms with van der Waals surface area (Å²) in [5.74, 6) is 5.41. The van der Waals surface area contributed by atoms with Crippen molar-refractivity contribution in [1.82, 2.24) is 14.7 Å². The minimum Gasteiger partial charge on any atom is -0.384 e. The molecule has 21 heavy (non-hydrogen) atoms. The maximum absolute atomic E-state index is 12.4. The fourth-order valence-corrected chi connectivity index (χ4v) is 2.77. The molecule has 1 amide bonds. The van der Waals surface area contributed by atoms with Crippen LogP contribution in [0.1, 0.15) is 26.6 Å². The second-order valence-electron chi connectivity index (χ2n) is 4.73. The van der Waals surface area contributed by atoms with Gasteiger partial charge in [-0.25, -0.2) is 0 Å². The lowest BCUT2D eigenvalue weighted by Crippen LogP contribution is -2.27. The molecule has 0 saturated heterocycles. The number of aryl methyl sites for hydroxylation is 2. The van der Waals surface area contributed by atoms with Gasteiger partial charge >= 0.3 is 0 Å². The average Bonchev–Trinajstić information content (AvgIpc) is 3.02. The van der Waals surface area contributed by atoms with E-state index >= 15 is 0 Å². The third-order valence-corrected chi connectivity index (χ3v) is 3.83. The van der Waals surface area contributed by atoms with Gasteiger partial charge in [-0.3, -0.25) is 9.48 Å². The molecule has 0 unspecified atom stereocenters. The number of amides is 1. The number of nitrogens with zero attached hydrogens (tertiary/aromatic N) is 3. The number of aromatic nitrogens is 2. The molecule has 0 saturated carbocycles. The van der Waals surface area contributed by atoms with Crippen LogP contribution in [0.15, 0.2) is 17.5 Å². The Morgan fingerprint density at radius 2 is 2.29 bits per heavy atom. The zero-order valence-corrected chi connectivity index (χ0v) is 13.1. The Morgan fingerprint density at radius 1 is 1.52 bits per heavy atom. The highest BCUT2D eigenvalue weighted by Gasteiger charge is 2.16. The third kappa shape index (κ3) is 3.72. The van der Waals surface area contributed by atoms with Crippen molar-refractivity contribution < 1.29 is 9.90 Å². The molecule has 2 heterocycles. The molecule has 0 aliphatic heterocycles. The van der Waals surface area contributed by atoms with Crippen molar-refractivity contribution in [2.45, 2.75) is 13.5 Å². The molecule has 1 N–H and O–H groups in total. The van der Waals surface area contributed by atoms with E-state index in [2.05, 4.69) is 16.9 Å². The van der Waals surface area contributed by atoms with Crippen molar-refractivity contribution in [1.29, 1.82) is 0 Å². The van der Waals surface area contributed by atoms with E-state index in [1.165, 1.54) is 11.3 Å². The molecule has 2 rings (SSSR count). The van der Waals surface area contributed by atoms with Crippen LogP contribution < -0.4 is 0 Å². The summed E-state index contributed by atoms with van der Waals surface area (Å²) in [4.78, 5) is 14.9. The van der Waals surface area contributed by atoms with Gasteiger partial charge in [0.05, 0.1) is 10.6 Å². The molecule has 0 aliphatic rings. The molecule has 0 atom stereocenters. The molecule has 110 valence electrons. The van der Waals surface area contributed by atoms with Crippen LogP contribution >= 0.6 is 11.3 Å². The van der Waals surface area contributed by atoms with Gasteiger partial charge in [0.15, 0.2) is 0 Å². The summed E-state index contributed by atoms with van der Waals surface area (Å²) in [7, 11) is 3.53. The molecule has 2 aromatic rings. The molecule has 0 spiro atoms. The molecule has 0 aromatic carbocycles. The van der Waals surface area contributed by atoms with Crippen molar-refractivity contribution >= 4 is 17.2 Å². The fourth-order valence-electron chi connectivity index (χ4n) is 2.00. The highest BCUT2D eigenvalue weighted by molar-refractivity contribution is 7.10. The number of carbonyl (C=O) groups is 1. The number of rotatable bonds is 3. The van der Waals surface area contributed by atoms with Gasteiger partial charge in [-0.2, -0.15) is 5.10 Å². The van der Waals surface area contributed by atoms with E-state index in [1.807, 2.05) is 18.4 Å². The number of aliphatic hydroxyl groups excluding tert-OH is 1. The van der Waals surface area contributed by atoms with Gasteiger partial charge in [0.1, 0.15) is 12.3 Å². The predicted octanol–water partition coefficient (Wildman–Crippen LogP) is 1.41. The summed E-state index contributed by atoms with van der Waals surface area (Å²) in [6.45, 7) is 2.23. The number of thiophene rings is 1. The van der Waals surface area contributed by atoms with Crippen LogP contribution in [0.25, 0.3) is 0 Å². The second kappa shape index (κ2) is 6.57. The van der Waals surface area contributed by atoms with E-state index in [-0.39, 0.29) is 12.5 Å². The first-order valence-corrected chi connectivity index (χ1v) is 7.32. The van der Waals surface area contributed by atoms with Crippen molar-refractivity contribution in [3.63, 3.8) is 0 Å². The van der Waals surface area contributed by atoms with Crippen LogP contribution in [0.2, 0.25) is 0 Å². The Morgan fingerprint density at radius 3 is 2.90 bits per heavy atom. The molecule has 0 radical (unpaired) electrons. The van der Waals surface area contributed by atoms with Gasteiger partial charge in [0, 0.05) is 20.6 Å². The molecule has 6 heteroatoms. The lowest BCUT2D eigenvalue weighted by atomic mass is 10.2. The predicted molar refractivity (Wildman–Crippen MR) is 82.0 cm³/mol. The molecule has 5 nitrogen and oxygen atoms in total. The van der Waals surface area contributed by atoms with Crippen molar-refractivity contribution in [3.8, 4) is 11.8 Å². The Balaban J connectivity index is 2.07. The molecular formula is C15H17N3O2S. The van der Waals surface area contributed by atoms with Crippen molar-refractivity contribution in [3.05, 3.63) is 39.3 Å². The van der Waals surface area contributed by atoms with E-state index in [4.69, 9.17) is 5.11 Å². The number of hydrogen-bond donors (Lipinski definition) is 1. The standard InChI is InChI=1S/C15H17N3O2S/c1-11-7-14(18(3)16-11)15(20)17(2)9-12-8-13(21-10-12)5-4-6-19/h7-8,10,19H,6,9H2,1-3H3. The first kappa shape index (κ1) is 15.3. The van der Waals surface area contributed by atoms with Crippen molar-refractivity contribution in [2.75, 3.05) is 13.7 Å². The van der Waals surface area contributed by atoms with E-state index in [1.54, 1.807) is 29.7 Å². The first-order chi connectivity index (χ1) is 10.0. The highest BCUT2D eigenvalue weighted by atomic mass is 32.1. The second-order valence-corrected chi connectivity index (χ2v) is 5.65. The van der Waals surface area contributed by atoms with Gasteiger partial charge < -0.3 is 10.0 Å².